The fourth-order valence-electron chi connectivity index (χ4n) is 2.38. The van der Waals surface area contributed by atoms with Crippen LogP contribution in [0.3, 0.4) is 0 Å². The van der Waals surface area contributed by atoms with Gasteiger partial charge in [0.2, 0.25) is 0 Å². The largest absolute Gasteiger partial charge is 0.494 e. The summed E-state index contributed by atoms with van der Waals surface area (Å²) in [6.45, 7) is 9.35. The summed E-state index contributed by atoms with van der Waals surface area (Å²) in [6.07, 6.45) is 1.85. The van der Waals surface area contributed by atoms with Crippen LogP contribution in [0.2, 0.25) is 0 Å². The minimum Gasteiger partial charge on any atom is -0.494 e. The lowest BCUT2D eigenvalue weighted by Gasteiger charge is -2.22. The van der Waals surface area contributed by atoms with E-state index in [1.165, 1.54) is 4.70 Å². The molecule has 2 rings (SSSR count). The van der Waals surface area contributed by atoms with E-state index >= 15 is 0 Å². The van der Waals surface area contributed by atoms with Crippen molar-refractivity contribution in [2.75, 3.05) is 6.61 Å². The number of nitrogens with zero attached hydrogens (tertiary/aromatic N) is 1. The van der Waals surface area contributed by atoms with Crippen LogP contribution in [0.4, 0.5) is 0 Å². The highest BCUT2D eigenvalue weighted by atomic mass is 32.1. The predicted octanol–water partition coefficient (Wildman–Crippen LogP) is 4.00. The van der Waals surface area contributed by atoms with Crippen molar-refractivity contribution < 1.29 is 4.74 Å². The van der Waals surface area contributed by atoms with Crippen LogP contribution in [0.5, 0.6) is 5.75 Å². The van der Waals surface area contributed by atoms with Crippen LogP contribution in [0.15, 0.2) is 18.2 Å². The SMILES string of the molecule is CCOc1ccc2nc(CC(N)CC(C)(C)C)sc2c1. The van der Waals surface area contributed by atoms with Crippen molar-refractivity contribution in [2.45, 2.75) is 46.6 Å². The van der Waals surface area contributed by atoms with Crippen LogP contribution >= 0.6 is 11.3 Å². The summed E-state index contributed by atoms with van der Waals surface area (Å²) in [4.78, 5) is 4.67. The Labute approximate surface area is 125 Å². The third kappa shape index (κ3) is 4.18. The Morgan fingerprint density at radius 3 is 2.75 bits per heavy atom. The molecule has 0 fully saturated rings. The molecule has 0 spiro atoms. The monoisotopic (exact) mass is 292 g/mol. The zero-order valence-corrected chi connectivity index (χ0v) is 13.6. The second-order valence-corrected chi connectivity index (χ2v) is 7.51. The Morgan fingerprint density at radius 2 is 2.10 bits per heavy atom. The van der Waals surface area contributed by atoms with Crippen LogP contribution in [0.1, 0.15) is 39.1 Å². The Balaban J connectivity index is 2.11. The molecule has 20 heavy (non-hydrogen) atoms. The summed E-state index contributed by atoms with van der Waals surface area (Å²) in [5, 5.41) is 1.12. The third-order valence-corrected chi connectivity index (χ3v) is 4.07. The quantitative estimate of drug-likeness (QED) is 0.906. The molecule has 110 valence electrons. The molecule has 1 heterocycles. The summed E-state index contributed by atoms with van der Waals surface area (Å²) < 4.78 is 6.70. The van der Waals surface area contributed by atoms with E-state index < -0.39 is 0 Å². The average molecular weight is 292 g/mol. The normalized spacial score (nSPS) is 13.7. The van der Waals surface area contributed by atoms with Crippen molar-refractivity contribution in [3.05, 3.63) is 23.2 Å². The lowest BCUT2D eigenvalue weighted by atomic mass is 9.87. The summed E-state index contributed by atoms with van der Waals surface area (Å²) in [7, 11) is 0. The first-order chi connectivity index (χ1) is 9.37. The summed E-state index contributed by atoms with van der Waals surface area (Å²) in [6, 6.07) is 6.23. The maximum atomic E-state index is 6.23. The number of aromatic nitrogens is 1. The van der Waals surface area contributed by atoms with Gasteiger partial charge in [0.05, 0.1) is 21.8 Å². The first-order valence-corrected chi connectivity index (χ1v) is 7.97. The zero-order valence-electron chi connectivity index (χ0n) is 12.8. The lowest BCUT2D eigenvalue weighted by Crippen LogP contribution is -2.28. The number of ether oxygens (including phenoxy) is 1. The van der Waals surface area contributed by atoms with Gasteiger partial charge in [-0.1, -0.05) is 20.8 Å². The van der Waals surface area contributed by atoms with Crippen LogP contribution < -0.4 is 10.5 Å². The molecule has 2 aromatic rings. The van der Waals surface area contributed by atoms with Crippen LogP contribution in [-0.4, -0.2) is 17.6 Å². The van der Waals surface area contributed by atoms with Gasteiger partial charge < -0.3 is 10.5 Å². The number of nitrogens with two attached hydrogens (primary N) is 1. The topological polar surface area (TPSA) is 48.1 Å². The number of hydrogen-bond acceptors (Lipinski definition) is 4. The van der Waals surface area contributed by atoms with E-state index in [4.69, 9.17) is 10.5 Å². The molecule has 0 amide bonds. The summed E-state index contributed by atoms with van der Waals surface area (Å²) >= 11 is 1.72. The van der Waals surface area contributed by atoms with Gasteiger partial charge >= 0.3 is 0 Å². The summed E-state index contributed by atoms with van der Waals surface area (Å²) in [5.41, 5.74) is 7.53. The zero-order chi connectivity index (χ0) is 14.8. The van der Waals surface area contributed by atoms with Gasteiger partial charge in [-0.25, -0.2) is 4.98 Å². The van der Waals surface area contributed by atoms with E-state index in [1.54, 1.807) is 11.3 Å². The number of benzene rings is 1. The maximum Gasteiger partial charge on any atom is 0.120 e. The molecule has 1 aromatic heterocycles. The Hall–Kier alpha value is -1.13. The highest BCUT2D eigenvalue weighted by Gasteiger charge is 2.17. The van der Waals surface area contributed by atoms with Gasteiger partial charge in [-0.15, -0.1) is 11.3 Å². The van der Waals surface area contributed by atoms with Gasteiger partial charge in [0.25, 0.3) is 0 Å². The van der Waals surface area contributed by atoms with Crippen molar-refractivity contribution >= 4 is 21.6 Å². The van der Waals surface area contributed by atoms with Gasteiger partial charge in [-0.05, 0) is 37.0 Å². The fourth-order valence-corrected chi connectivity index (χ4v) is 3.47. The number of thiazole rings is 1. The Bertz CT molecular complexity index is 571. The predicted molar refractivity (Wildman–Crippen MR) is 86.5 cm³/mol. The second-order valence-electron chi connectivity index (χ2n) is 6.40. The van der Waals surface area contributed by atoms with Crippen LogP contribution in [-0.2, 0) is 6.42 Å². The van der Waals surface area contributed by atoms with Gasteiger partial charge in [-0.3, -0.25) is 0 Å². The van der Waals surface area contributed by atoms with Crippen LogP contribution in [0, 0.1) is 5.41 Å². The first kappa shape index (κ1) is 15.3. The smallest absolute Gasteiger partial charge is 0.120 e. The molecule has 0 saturated carbocycles. The Morgan fingerprint density at radius 1 is 1.35 bits per heavy atom. The molecule has 1 unspecified atom stereocenters. The molecule has 0 aliphatic carbocycles. The van der Waals surface area contributed by atoms with E-state index in [1.807, 2.05) is 19.1 Å². The molecular formula is C16H24N2OS. The molecule has 0 saturated heterocycles. The van der Waals surface area contributed by atoms with E-state index in [9.17, 15) is 0 Å². The van der Waals surface area contributed by atoms with E-state index in [0.717, 1.165) is 29.1 Å². The molecule has 0 radical (unpaired) electrons. The van der Waals surface area contributed by atoms with Crippen molar-refractivity contribution in [3.8, 4) is 5.75 Å². The van der Waals surface area contributed by atoms with Gasteiger partial charge in [0, 0.05) is 12.5 Å². The number of fused-ring (bicyclic) bond motifs is 1. The van der Waals surface area contributed by atoms with Gasteiger partial charge in [0.15, 0.2) is 0 Å². The molecule has 1 atom stereocenters. The lowest BCUT2D eigenvalue weighted by molar-refractivity contribution is 0.338. The van der Waals surface area contributed by atoms with Crippen molar-refractivity contribution in [1.82, 2.24) is 4.98 Å². The maximum absolute atomic E-state index is 6.23. The molecule has 4 heteroatoms. The molecule has 1 aromatic carbocycles. The summed E-state index contributed by atoms with van der Waals surface area (Å²) in [5.74, 6) is 0.911. The fraction of sp³-hybridized carbons (Fsp3) is 0.562. The van der Waals surface area contributed by atoms with E-state index in [2.05, 4.69) is 31.8 Å². The van der Waals surface area contributed by atoms with Crippen molar-refractivity contribution in [1.29, 1.82) is 0 Å². The van der Waals surface area contributed by atoms with Gasteiger partial charge in [0.1, 0.15) is 5.75 Å². The first-order valence-electron chi connectivity index (χ1n) is 7.15. The molecule has 0 aliphatic rings. The highest BCUT2D eigenvalue weighted by Crippen LogP contribution is 2.28. The van der Waals surface area contributed by atoms with E-state index in [-0.39, 0.29) is 11.5 Å². The van der Waals surface area contributed by atoms with Crippen LogP contribution in [0.25, 0.3) is 10.2 Å². The minimum absolute atomic E-state index is 0.168. The Kier molecular flexibility index (Phi) is 4.66. The number of rotatable bonds is 5. The van der Waals surface area contributed by atoms with E-state index in [0.29, 0.717) is 6.61 Å². The molecule has 0 bridgehead atoms. The standard InChI is InChI=1S/C16H24N2OS/c1-5-19-12-6-7-13-14(9-12)20-15(18-13)8-11(17)10-16(2,3)4/h6-7,9,11H,5,8,10,17H2,1-4H3. The second kappa shape index (κ2) is 6.10. The van der Waals surface area contributed by atoms with Crippen molar-refractivity contribution in [2.24, 2.45) is 11.1 Å². The third-order valence-electron chi connectivity index (χ3n) is 3.03. The molecule has 2 N–H and O–H groups in total. The number of hydrogen-bond donors (Lipinski definition) is 1. The van der Waals surface area contributed by atoms with Gasteiger partial charge in [-0.2, -0.15) is 0 Å². The highest BCUT2D eigenvalue weighted by molar-refractivity contribution is 7.18. The average Bonchev–Trinajstić information content (AvgIpc) is 2.67. The molecule has 0 aliphatic heterocycles. The minimum atomic E-state index is 0.168. The molecule has 3 nitrogen and oxygen atoms in total. The van der Waals surface area contributed by atoms with Crippen molar-refractivity contribution in [3.63, 3.8) is 0 Å². The molecular weight excluding hydrogens is 268 g/mol.